The molecule has 1 aliphatic heterocycles. The number of para-hydroxylation sites is 1. The molecule has 6 nitrogen and oxygen atoms in total. The van der Waals surface area contributed by atoms with Gasteiger partial charge >= 0.3 is 5.97 Å². The number of amides is 1. The van der Waals surface area contributed by atoms with Gasteiger partial charge in [-0.3, -0.25) is 14.7 Å². The predicted molar refractivity (Wildman–Crippen MR) is 136 cm³/mol. The summed E-state index contributed by atoms with van der Waals surface area (Å²) in [6.07, 6.45) is 7.50. The number of hydrogen-bond acceptors (Lipinski definition) is 5. The van der Waals surface area contributed by atoms with E-state index in [1.807, 2.05) is 42.5 Å². The van der Waals surface area contributed by atoms with Crippen molar-refractivity contribution in [3.8, 4) is 0 Å². The molecule has 0 atom stereocenters. The molecule has 0 bridgehead atoms. The van der Waals surface area contributed by atoms with Crippen molar-refractivity contribution in [1.29, 1.82) is 0 Å². The Hall–Kier alpha value is -3.25. The molecular formula is C29H33N3O3. The number of hydrogen-bond donors (Lipinski definition) is 1. The van der Waals surface area contributed by atoms with Gasteiger partial charge < -0.3 is 10.1 Å². The van der Waals surface area contributed by atoms with Crippen LogP contribution in [0.4, 0.5) is 0 Å². The molecule has 182 valence electrons. The van der Waals surface area contributed by atoms with Crippen LogP contribution in [-0.4, -0.2) is 41.0 Å². The summed E-state index contributed by atoms with van der Waals surface area (Å²) in [6, 6.07) is 18.2. The van der Waals surface area contributed by atoms with Gasteiger partial charge in [-0.25, -0.2) is 4.79 Å². The fourth-order valence-electron chi connectivity index (χ4n) is 5.35. The minimum absolute atomic E-state index is 0.185. The van der Waals surface area contributed by atoms with Gasteiger partial charge in [0.2, 0.25) is 0 Å². The molecule has 1 aromatic heterocycles. The van der Waals surface area contributed by atoms with Crippen LogP contribution in [0.25, 0.3) is 10.9 Å². The molecule has 3 aromatic rings. The standard InChI is InChI=1S/C29H33N3O3/c33-27(30-22-12-6-1-2-7-13-22)20-35-29(34)28-23-14-8-9-15-25(23)31-26-16-17-32(19-24(26)28)18-21-10-4-3-5-11-21/h3-5,8-11,14-15,22H,1-2,6-7,12-13,16-20H2,(H,30,33). The second-order valence-electron chi connectivity index (χ2n) is 9.71. The number of ether oxygens (including phenoxy) is 1. The average molecular weight is 472 g/mol. The zero-order valence-corrected chi connectivity index (χ0v) is 20.2. The minimum Gasteiger partial charge on any atom is -0.452 e. The molecule has 0 spiro atoms. The third-order valence-electron chi connectivity index (χ3n) is 7.13. The molecule has 1 N–H and O–H groups in total. The van der Waals surface area contributed by atoms with Crippen molar-refractivity contribution in [2.24, 2.45) is 0 Å². The Bertz CT molecular complexity index is 1190. The van der Waals surface area contributed by atoms with Crippen LogP contribution in [0.5, 0.6) is 0 Å². The highest BCUT2D eigenvalue weighted by atomic mass is 16.5. The van der Waals surface area contributed by atoms with Crippen LogP contribution in [-0.2, 0) is 29.0 Å². The van der Waals surface area contributed by atoms with E-state index in [2.05, 4.69) is 22.3 Å². The molecule has 2 aromatic carbocycles. The summed E-state index contributed by atoms with van der Waals surface area (Å²) in [6.45, 7) is 2.06. The van der Waals surface area contributed by atoms with Crippen molar-refractivity contribution < 1.29 is 14.3 Å². The maximum atomic E-state index is 13.4. The molecule has 6 heteroatoms. The van der Waals surface area contributed by atoms with Gasteiger partial charge in [0.05, 0.1) is 11.1 Å². The lowest BCUT2D eigenvalue weighted by Gasteiger charge is -2.30. The third kappa shape index (κ3) is 5.70. The SMILES string of the molecule is O=C(COC(=O)c1c2c(nc3ccccc13)CCN(Cc1ccccc1)C2)NC1CCCCCC1. The summed E-state index contributed by atoms with van der Waals surface area (Å²) < 4.78 is 5.59. The Labute approximate surface area is 206 Å². The van der Waals surface area contributed by atoms with Crippen LogP contribution in [0.1, 0.15) is 65.7 Å². The quantitative estimate of drug-likeness (QED) is 0.413. The molecule has 35 heavy (non-hydrogen) atoms. The first kappa shape index (κ1) is 23.5. The molecule has 1 aliphatic carbocycles. The van der Waals surface area contributed by atoms with E-state index >= 15 is 0 Å². The van der Waals surface area contributed by atoms with Gasteiger partial charge in [-0.2, -0.15) is 0 Å². The molecule has 0 saturated heterocycles. The number of pyridine rings is 1. The number of rotatable bonds is 6. The smallest absolute Gasteiger partial charge is 0.339 e. The highest BCUT2D eigenvalue weighted by molar-refractivity contribution is 6.05. The van der Waals surface area contributed by atoms with Crippen LogP contribution < -0.4 is 5.32 Å². The Morgan fingerprint density at radius 3 is 2.51 bits per heavy atom. The first-order valence-corrected chi connectivity index (χ1v) is 12.8. The van der Waals surface area contributed by atoms with Crippen LogP contribution >= 0.6 is 0 Å². The van der Waals surface area contributed by atoms with Gasteiger partial charge in [0.1, 0.15) is 0 Å². The third-order valence-corrected chi connectivity index (χ3v) is 7.13. The fourth-order valence-corrected chi connectivity index (χ4v) is 5.35. The zero-order chi connectivity index (χ0) is 24.0. The average Bonchev–Trinajstić information content (AvgIpc) is 3.15. The molecular weight excluding hydrogens is 438 g/mol. The lowest BCUT2D eigenvalue weighted by molar-refractivity contribution is -0.125. The summed E-state index contributed by atoms with van der Waals surface area (Å²) >= 11 is 0. The van der Waals surface area contributed by atoms with E-state index < -0.39 is 5.97 Å². The van der Waals surface area contributed by atoms with E-state index in [0.717, 1.165) is 67.4 Å². The second kappa shape index (κ2) is 11.0. The maximum absolute atomic E-state index is 13.4. The van der Waals surface area contributed by atoms with E-state index in [1.54, 1.807) is 0 Å². The second-order valence-corrected chi connectivity index (χ2v) is 9.71. The van der Waals surface area contributed by atoms with Crippen LogP contribution in [0.15, 0.2) is 54.6 Å². The number of carbonyl (C=O) groups excluding carboxylic acids is 2. The van der Waals surface area contributed by atoms with Crippen molar-refractivity contribution in [1.82, 2.24) is 15.2 Å². The van der Waals surface area contributed by atoms with Crippen molar-refractivity contribution >= 4 is 22.8 Å². The number of carbonyl (C=O) groups is 2. The van der Waals surface area contributed by atoms with Gasteiger partial charge in [0.25, 0.3) is 5.91 Å². The van der Waals surface area contributed by atoms with Crippen LogP contribution in [0.2, 0.25) is 0 Å². The normalized spacial score (nSPS) is 16.9. The largest absolute Gasteiger partial charge is 0.452 e. The summed E-state index contributed by atoms with van der Waals surface area (Å²) in [7, 11) is 0. The van der Waals surface area contributed by atoms with Crippen molar-refractivity contribution in [2.75, 3.05) is 13.2 Å². The highest BCUT2D eigenvalue weighted by Crippen LogP contribution is 2.29. The summed E-state index contributed by atoms with van der Waals surface area (Å²) in [5, 5.41) is 3.84. The fraction of sp³-hybridized carbons (Fsp3) is 0.414. The first-order chi connectivity index (χ1) is 17.2. The monoisotopic (exact) mass is 471 g/mol. The number of aromatic nitrogens is 1. The summed E-state index contributed by atoms with van der Waals surface area (Å²) in [5.41, 5.74) is 4.44. The Morgan fingerprint density at radius 2 is 1.71 bits per heavy atom. The summed E-state index contributed by atoms with van der Waals surface area (Å²) in [4.78, 5) is 33.2. The predicted octanol–water partition coefficient (Wildman–Crippen LogP) is 4.79. The van der Waals surface area contributed by atoms with Gasteiger partial charge in [0, 0.05) is 48.7 Å². The lowest BCUT2D eigenvalue weighted by Crippen LogP contribution is -2.37. The van der Waals surface area contributed by atoms with Crippen molar-refractivity contribution in [2.45, 2.75) is 64.1 Å². The number of esters is 1. The van der Waals surface area contributed by atoms with Gasteiger partial charge in [-0.05, 0) is 24.5 Å². The molecule has 5 rings (SSSR count). The Morgan fingerprint density at radius 1 is 0.971 bits per heavy atom. The van der Waals surface area contributed by atoms with Gasteiger partial charge in [-0.15, -0.1) is 0 Å². The lowest BCUT2D eigenvalue weighted by atomic mass is 9.95. The molecule has 1 saturated carbocycles. The van der Waals surface area contributed by atoms with E-state index in [1.165, 1.54) is 18.4 Å². The summed E-state index contributed by atoms with van der Waals surface area (Å²) in [5.74, 6) is -0.666. The van der Waals surface area contributed by atoms with Gasteiger partial charge in [0.15, 0.2) is 6.61 Å². The van der Waals surface area contributed by atoms with Crippen molar-refractivity contribution in [3.63, 3.8) is 0 Å². The molecule has 0 unspecified atom stereocenters. The van der Waals surface area contributed by atoms with E-state index in [-0.39, 0.29) is 18.6 Å². The number of fused-ring (bicyclic) bond motifs is 2. The zero-order valence-electron chi connectivity index (χ0n) is 20.2. The molecule has 1 amide bonds. The number of benzene rings is 2. The topological polar surface area (TPSA) is 71.5 Å². The number of nitrogens with zero attached hydrogens (tertiary/aromatic N) is 2. The highest BCUT2D eigenvalue weighted by Gasteiger charge is 2.27. The van der Waals surface area contributed by atoms with Gasteiger partial charge in [-0.1, -0.05) is 74.2 Å². The van der Waals surface area contributed by atoms with Crippen LogP contribution in [0.3, 0.4) is 0 Å². The number of nitrogens with one attached hydrogen (secondary N) is 1. The van der Waals surface area contributed by atoms with E-state index in [4.69, 9.17) is 9.72 Å². The maximum Gasteiger partial charge on any atom is 0.339 e. The first-order valence-electron chi connectivity index (χ1n) is 12.8. The van der Waals surface area contributed by atoms with E-state index in [0.29, 0.717) is 12.1 Å². The van der Waals surface area contributed by atoms with Crippen LogP contribution in [0, 0.1) is 0 Å². The molecule has 2 heterocycles. The molecule has 1 fully saturated rings. The Kier molecular flexibility index (Phi) is 7.38. The molecule has 0 radical (unpaired) electrons. The molecule has 2 aliphatic rings. The van der Waals surface area contributed by atoms with Crippen molar-refractivity contribution in [3.05, 3.63) is 77.0 Å². The Balaban J connectivity index is 1.34. The van der Waals surface area contributed by atoms with E-state index in [9.17, 15) is 9.59 Å². The minimum atomic E-state index is -0.447.